The number of nitrogens with two attached hydrogens (primary N) is 1. The number of rotatable bonds is 2. The second-order valence-corrected chi connectivity index (χ2v) is 6.67. The van der Waals surface area contributed by atoms with Gasteiger partial charge in [-0.15, -0.1) is 0 Å². The third kappa shape index (κ3) is 4.62. The van der Waals surface area contributed by atoms with Crippen molar-refractivity contribution in [1.29, 1.82) is 0 Å². The molecule has 22 heavy (non-hydrogen) atoms. The van der Waals surface area contributed by atoms with Crippen molar-refractivity contribution in [2.24, 2.45) is 0 Å². The van der Waals surface area contributed by atoms with Crippen LogP contribution in [0.1, 0.15) is 33.6 Å². The molecule has 0 unspecified atom stereocenters. The van der Waals surface area contributed by atoms with Crippen LogP contribution in [-0.4, -0.2) is 45.7 Å². The van der Waals surface area contributed by atoms with Gasteiger partial charge < -0.3 is 20.7 Å². The fourth-order valence-corrected chi connectivity index (χ4v) is 2.34. The molecule has 0 atom stereocenters. The Morgan fingerprint density at radius 3 is 2.68 bits per heavy atom. The lowest BCUT2D eigenvalue weighted by Gasteiger charge is -2.34. The van der Waals surface area contributed by atoms with Crippen molar-refractivity contribution < 1.29 is 9.53 Å². The molecule has 1 aromatic rings. The molecular formula is C14H22ClN5O2. The predicted molar refractivity (Wildman–Crippen MR) is 85.9 cm³/mol. The van der Waals surface area contributed by atoms with E-state index in [1.165, 1.54) is 6.20 Å². The van der Waals surface area contributed by atoms with Gasteiger partial charge in [-0.2, -0.15) is 4.98 Å². The topological polar surface area (TPSA) is 93.4 Å². The lowest BCUT2D eigenvalue weighted by molar-refractivity contribution is 0.0210. The van der Waals surface area contributed by atoms with E-state index in [1.54, 1.807) is 4.90 Å². The zero-order valence-corrected chi connectivity index (χ0v) is 13.9. The Balaban J connectivity index is 1.87. The van der Waals surface area contributed by atoms with Crippen molar-refractivity contribution in [3.05, 3.63) is 11.5 Å². The van der Waals surface area contributed by atoms with Crippen LogP contribution in [0.25, 0.3) is 0 Å². The smallest absolute Gasteiger partial charge is 0.410 e. The maximum atomic E-state index is 12.0. The number of likely N-dealkylation sites (tertiary alicyclic amines) is 1. The summed E-state index contributed by atoms with van der Waals surface area (Å²) in [6.45, 7) is 6.85. The normalized spacial score (nSPS) is 16.5. The molecule has 2 rings (SSSR count). The average molecular weight is 328 g/mol. The van der Waals surface area contributed by atoms with Gasteiger partial charge in [0.05, 0.1) is 11.9 Å². The summed E-state index contributed by atoms with van der Waals surface area (Å²) in [5.41, 5.74) is 5.80. The SMILES string of the molecule is CC(C)(C)OC(=O)N1CCC(Nc2nc(Cl)ncc2N)CC1. The number of carbonyl (C=O) groups is 1. The highest BCUT2D eigenvalue weighted by atomic mass is 35.5. The maximum Gasteiger partial charge on any atom is 0.410 e. The highest BCUT2D eigenvalue weighted by molar-refractivity contribution is 6.28. The van der Waals surface area contributed by atoms with Gasteiger partial charge in [0, 0.05) is 19.1 Å². The Morgan fingerprint density at radius 2 is 2.09 bits per heavy atom. The van der Waals surface area contributed by atoms with Crippen LogP contribution < -0.4 is 11.1 Å². The Morgan fingerprint density at radius 1 is 1.45 bits per heavy atom. The highest BCUT2D eigenvalue weighted by Gasteiger charge is 2.27. The Hall–Kier alpha value is -1.76. The van der Waals surface area contributed by atoms with Gasteiger partial charge in [-0.3, -0.25) is 0 Å². The molecule has 0 bridgehead atoms. The van der Waals surface area contributed by atoms with Gasteiger partial charge in [-0.1, -0.05) is 0 Å². The summed E-state index contributed by atoms with van der Waals surface area (Å²) in [5, 5.41) is 3.41. The highest BCUT2D eigenvalue weighted by Crippen LogP contribution is 2.21. The number of amides is 1. The van der Waals surface area contributed by atoms with E-state index in [0.717, 1.165) is 12.8 Å². The predicted octanol–water partition coefficient (Wildman–Crippen LogP) is 2.52. The van der Waals surface area contributed by atoms with Gasteiger partial charge in [0.15, 0.2) is 5.82 Å². The molecule has 122 valence electrons. The molecular weight excluding hydrogens is 306 g/mol. The summed E-state index contributed by atoms with van der Waals surface area (Å²) in [7, 11) is 0. The first-order valence-corrected chi connectivity index (χ1v) is 7.65. The summed E-state index contributed by atoms with van der Waals surface area (Å²) in [5.74, 6) is 0.538. The number of ether oxygens (including phenoxy) is 1. The minimum absolute atomic E-state index is 0.155. The molecule has 0 aliphatic carbocycles. The lowest BCUT2D eigenvalue weighted by Crippen LogP contribution is -2.44. The van der Waals surface area contributed by atoms with Gasteiger partial charge in [-0.25, -0.2) is 9.78 Å². The van der Waals surface area contributed by atoms with Crippen LogP contribution in [0.2, 0.25) is 5.28 Å². The van der Waals surface area contributed by atoms with E-state index in [-0.39, 0.29) is 17.4 Å². The van der Waals surface area contributed by atoms with E-state index < -0.39 is 5.60 Å². The monoisotopic (exact) mass is 327 g/mol. The number of carbonyl (C=O) groups excluding carboxylic acids is 1. The standard InChI is InChI=1S/C14H22ClN5O2/c1-14(2,3)22-13(21)20-6-4-9(5-7-20)18-11-10(16)8-17-12(15)19-11/h8-9H,4-7,16H2,1-3H3,(H,17,18,19). The van der Waals surface area contributed by atoms with Gasteiger partial charge in [0.1, 0.15) is 5.60 Å². The third-order valence-electron chi connectivity index (χ3n) is 3.28. The number of nitrogens with one attached hydrogen (secondary N) is 1. The van der Waals surface area contributed by atoms with Crippen LogP contribution in [0.3, 0.4) is 0 Å². The van der Waals surface area contributed by atoms with Crippen molar-refractivity contribution >= 4 is 29.2 Å². The number of aromatic nitrogens is 2. The van der Waals surface area contributed by atoms with Gasteiger partial charge in [-0.05, 0) is 45.2 Å². The third-order valence-corrected chi connectivity index (χ3v) is 3.46. The molecule has 1 aliphatic heterocycles. The molecule has 1 aromatic heterocycles. The number of halogens is 1. The number of hydrogen-bond donors (Lipinski definition) is 2. The quantitative estimate of drug-likeness (QED) is 0.811. The first kappa shape index (κ1) is 16.6. The molecule has 0 radical (unpaired) electrons. The molecule has 0 aromatic carbocycles. The molecule has 7 nitrogen and oxygen atoms in total. The number of anilines is 2. The maximum absolute atomic E-state index is 12.0. The van der Waals surface area contributed by atoms with Crippen LogP contribution in [0, 0.1) is 0 Å². The van der Waals surface area contributed by atoms with E-state index in [4.69, 9.17) is 22.1 Å². The Bertz CT molecular complexity index is 539. The van der Waals surface area contributed by atoms with Crippen LogP contribution in [-0.2, 0) is 4.74 Å². The second kappa shape index (κ2) is 6.56. The minimum Gasteiger partial charge on any atom is -0.444 e. The molecule has 1 amide bonds. The number of piperidine rings is 1. The van der Waals surface area contributed by atoms with Crippen LogP contribution in [0.15, 0.2) is 6.20 Å². The molecule has 0 saturated carbocycles. The lowest BCUT2D eigenvalue weighted by atomic mass is 10.1. The summed E-state index contributed by atoms with van der Waals surface area (Å²) >= 11 is 5.77. The molecule has 3 N–H and O–H groups in total. The molecule has 1 aliphatic rings. The van der Waals surface area contributed by atoms with Gasteiger partial charge in [0.25, 0.3) is 0 Å². The zero-order valence-electron chi connectivity index (χ0n) is 13.1. The molecule has 2 heterocycles. The van der Waals surface area contributed by atoms with Crippen molar-refractivity contribution in [3.63, 3.8) is 0 Å². The summed E-state index contributed by atoms with van der Waals surface area (Å²) in [4.78, 5) is 21.6. The minimum atomic E-state index is -0.474. The average Bonchev–Trinajstić information content (AvgIpc) is 2.42. The van der Waals surface area contributed by atoms with Crippen molar-refractivity contribution in [3.8, 4) is 0 Å². The number of hydrogen-bond acceptors (Lipinski definition) is 6. The van der Waals surface area contributed by atoms with Gasteiger partial charge >= 0.3 is 6.09 Å². The van der Waals surface area contributed by atoms with Crippen molar-refractivity contribution in [1.82, 2.24) is 14.9 Å². The first-order valence-electron chi connectivity index (χ1n) is 7.27. The largest absolute Gasteiger partial charge is 0.444 e. The Labute approximate surface area is 135 Å². The summed E-state index contributed by atoms with van der Waals surface area (Å²) < 4.78 is 5.37. The first-order chi connectivity index (χ1) is 10.2. The summed E-state index contributed by atoms with van der Waals surface area (Å²) in [6, 6.07) is 0.187. The fraction of sp³-hybridized carbons (Fsp3) is 0.643. The number of nitrogen functional groups attached to an aromatic ring is 1. The fourth-order valence-electron chi connectivity index (χ4n) is 2.21. The van der Waals surface area contributed by atoms with E-state index in [9.17, 15) is 4.79 Å². The van der Waals surface area contributed by atoms with E-state index >= 15 is 0 Å². The van der Waals surface area contributed by atoms with E-state index in [2.05, 4.69) is 15.3 Å². The van der Waals surface area contributed by atoms with Crippen LogP contribution in [0.4, 0.5) is 16.3 Å². The van der Waals surface area contributed by atoms with E-state index in [1.807, 2.05) is 20.8 Å². The van der Waals surface area contributed by atoms with Crippen LogP contribution >= 0.6 is 11.6 Å². The zero-order chi connectivity index (χ0) is 16.3. The molecule has 0 spiro atoms. The van der Waals surface area contributed by atoms with E-state index in [0.29, 0.717) is 24.6 Å². The van der Waals surface area contributed by atoms with Crippen molar-refractivity contribution in [2.45, 2.75) is 45.3 Å². The molecule has 8 heteroatoms. The molecule has 1 saturated heterocycles. The Kier molecular flexibility index (Phi) is 4.95. The second-order valence-electron chi connectivity index (χ2n) is 6.33. The molecule has 1 fully saturated rings. The van der Waals surface area contributed by atoms with Crippen LogP contribution in [0.5, 0.6) is 0 Å². The number of nitrogens with zero attached hydrogens (tertiary/aromatic N) is 3. The van der Waals surface area contributed by atoms with Gasteiger partial charge in [0.2, 0.25) is 5.28 Å². The summed E-state index contributed by atoms with van der Waals surface area (Å²) in [6.07, 6.45) is 2.80. The van der Waals surface area contributed by atoms with Crippen molar-refractivity contribution in [2.75, 3.05) is 24.1 Å².